The van der Waals surface area contributed by atoms with E-state index in [4.69, 9.17) is 14.2 Å². The molecule has 0 heterocycles. The number of methoxy groups -OCH3 is 3. The van der Waals surface area contributed by atoms with Crippen molar-refractivity contribution in [2.24, 2.45) is 0 Å². The molecule has 0 amide bonds. The van der Waals surface area contributed by atoms with Gasteiger partial charge in [-0.1, -0.05) is 0 Å². The quantitative estimate of drug-likeness (QED) is 0.533. The van der Waals surface area contributed by atoms with E-state index < -0.39 is 31.3 Å². The van der Waals surface area contributed by atoms with Gasteiger partial charge in [-0.2, -0.15) is 4.39 Å². The van der Waals surface area contributed by atoms with Crippen LogP contribution in [0.25, 0.3) is 0 Å². The highest BCUT2D eigenvalue weighted by atomic mass is 32.2. The van der Waals surface area contributed by atoms with Crippen LogP contribution in [0.2, 0.25) is 0 Å². The van der Waals surface area contributed by atoms with Crippen molar-refractivity contribution >= 4 is 15.7 Å². The van der Waals surface area contributed by atoms with E-state index in [2.05, 4.69) is 4.72 Å². The number of nitrogens with zero attached hydrogens (tertiary/aromatic N) is 1. The molecule has 0 unspecified atom stereocenters. The number of rotatable bonds is 8. The van der Waals surface area contributed by atoms with Gasteiger partial charge in [-0.25, -0.2) is 13.1 Å². The van der Waals surface area contributed by atoms with Crippen molar-refractivity contribution in [2.75, 3.05) is 21.3 Å². The first-order valence-corrected chi connectivity index (χ1v) is 8.94. The largest absolute Gasteiger partial charge is 0.496 e. The van der Waals surface area contributed by atoms with Crippen molar-refractivity contribution in [3.63, 3.8) is 0 Å². The summed E-state index contributed by atoms with van der Waals surface area (Å²) in [6, 6.07) is 5.39. The van der Waals surface area contributed by atoms with Crippen LogP contribution in [0.5, 0.6) is 17.2 Å². The van der Waals surface area contributed by atoms with E-state index in [9.17, 15) is 22.9 Å². The number of sulfonamides is 1. The number of hydrogen-bond donors (Lipinski definition) is 1. The maximum atomic E-state index is 13.4. The highest BCUT2D eigenvalue weighted by Crippen LogP contribution is 2.34. The van der Waals surface area contributed by atoms with E-state index in [-0.39, 0.29) is 6.54 Å². The Kier molecular flexibility index (Phi) is 6.18. The number of nitrogens with one attached hydrogen (secondary N) is 1. The molecular weight excluding hydrogens is 383 g/mol. The monoisotopic (exact) mass is 400 g/mol. The molecule has 9 nitrogen and oxygen atoms in total. The van der Waals surface area contributed by atoms with Gasteiger partial charge < -0.3 is 14.2 Å². The van der Waals surface area contributed by atoms with Crippen LogP contribution in [0.3, 0.4) is 0 Å². The van der Waals surface area contributed by atoms with E-state index in [0.717, 1.165) is 12.1 Å². The van der Waals surface area contributed by atoms with E-state index in [1.165, 1.54) is 33.5 Å². The molecule has 0 aliphatic rings. The van der Waals surface area contributed by atoms with Crippen LogP contribution in [-0.4, -0.2) is 34.7 Å². The summed E-state index contributed by atoms with van der Waals surface area (Å²) in [6.07, 6.45) is 0. The van der Waals surface area contributed by atoms with Crippen molar-refractivity contribution in [2.45, 2.75) is 11.4 Å². The lowest BCUT2D eigenvalue weighted by Gasteiger charge is -2.14. The van der Waals surface area contributed by atoms with Crippen LogP contribution in [0.15, 0.2) is 35.2 Å². The summed E-state index contributed by atoms with van der Waals surface area (Å²) in [4.78, 5) is 9.37. The van der Waals surface area contributed by atoms with Gasteiger partial charge in [0, 0.05) is 24.2 Å². The zero-order valence-electron chi connectivity index (χ0n) is 14.7. The van der Waals surface area contributed by atoms with Gasteiger partial charge >= 0.3 is 5.69 Å². The highest BCUT2D eigenvalue weighted by Gasteiger charge is 2.22. The van der Waals surface area contributed by atoms with Gasteiger partial charge in [-0.05, 0) is 18.2 Å². The third-order valence-corrected chi connectivity index (χ3v) is 5.06. The topological polar surface area (TPSA) is 117 Å². The molecule has 0 atom stereocenters. The minimum atomic E-state index is -4.14. The second-order valence-corrected chi connectivity index (χ2v) is 6.98. The summed E-state index contributed by atoms with van der Waals surface area (Å²) in [7, 11) is 0.137. The third kappa shape index (κ3) is 4.44. The molecule has 0 spiro atoms. The molecule has 0 aromatic heterocycles. The molecule has 0 radical (unpaired) electrons. The van der Waals surface area contributed by atoms with Crippen LogP contribution in [0.4, 0.5) is 10.1 Å². The first-order valence-electron chi connectivity index (χ1n) is 7.46. The molecule has 0 saturated carbocycles. The van der Waals surface area contributed by atoms with Gasteiger partial charge in [-0.3, -0.25) is 10.1 Å². The minimum absolute atomic E-state index is 0.197. The van der Waals surface area contributed by atoms with Gasteiger partial charge in [0.1, 0.15) is 5.75 Å². The van der Waals surface area contributed by atoms with Crippen LogP contribution >= 0.6 is 0 Å². The first kappa shape index (κ1) is 20.4. The molecule has 146 valence electrons. The van der Waals surface area contributed by atoms with Crippen LogP contribution in [0.1, 0.15) is 5.56 Å². The zero-order chi connectivity index (χ0) is 20.2. The third-order valence-electron chi connectivity index (χ3n) is 3.66. The molecule has 0 bridgehead atoms. The highest BCUT2D eigenvalue weighted by molar-refractivity contribution is 7.89. The second kappa shape index (κ2) is 8.18. The fourth-order valence-corrected chi connectivity index (χ4v) is 3.31. The fourth-order valence-electron chi connectivity index (χ4n) is 2.29. The Balaban J connectivity index is 2.32. The minimum Gasteiger partial charge on any atom is -0.496 e. The van der Waals surface area contributed by atoms with E-state index in [0.29, 0.717) is 28.9 Å². The summed E-state index contributed by atoms with van der Waals surface area (Å²) < 4.78 is 56.1. The van der Waals surface area contributed by atoms with Crippen molar-refractivity contribution in [3.8, 4) is 17.2 Å². The average Bonchev–Trinajstić information content (AvgIpc) is 2.65. The van der Waals surface area contributed by atoms with Crippen molar-refractivity contribution in [3.05, 3.63) is 51.8 Å². The molecule has 2 aromatic rings. The Morgan fingerprint density at radius 2 is 1.63 bits per heavy atom. The van der Waals surface area contributed by atoms with Crippen molar-refractivity contribution in [1.29, 1.82) is 0 Å². The number of nitro groups is 1. The molecule has 11 heteroatoms. The predicted molar refractivity (Wildman–Crippen MR) is 93.2 cm³/mol. The standard InChI is InChI=1S/C16H17FN2O7S/c1-24-14-8-16(26-3)15(25-2)6-10(14)9-18-27(22,23)11-4-5-12(17)13(7-11)19(20)21/h4-8,18H,9H2,1-3H3. The number of nitro benzene ring substituents is 1. The SMILES string of the molecule is COc1cc(OC)c(OC)cc1CNS(=O)(=O)c1ccc(F)c([N+](=O)[O-])c1. The normalized spacial score (nSPS) is 11.1. The van der Waals surface area contributed by atoms with Crippen LogP contribution in [-0.2, 0) is 16.6 Å². The van der Waals surface area contributed by atoms with Gasteiger partial charge in [0.2, 0.25) is 15.8 Å². The summed E-state index contributed by atoms with van der Waals surface area (Å²) in [5, 5.41) is 10.8. The Hall–Kier alpha value is -2.92. The lowest BCUT2D eigenvalue weighted by molar-refractivity contribution is -0.387. The predicted octanol–water partition coefficient (Wildman–Crippen LogP) is 2.24. The Labute approximate surface area is 154 Å². The average molecular weight is 400 g/mol. The van der Waals surface area contributed by atoms with Gasteiger partial charge in [0.05, 0.1) is 31.1 Å². The maximum Gasteiger partial charge on any atom is 0.306 e. The second-order valence-electron chi connectivity index (χ2n) is 5.21. The smallest absolute Gasteiger partial charge is 0.306 e. The molecule has 0 aliphatic heterocycles. The van der Waals surface area contributed by atoms with Crippen LogP contribution in [0, 0.1) is 15.9 Å². The Morgan fingerprint density at radius 3 is 2.19 bits per heavy atom. The Bertz CT molecular complexity index is 963. The van der Waals surface area contributed by atoms with Crippen LogP contribution < -0.4 is 18.9 Å². The number of hydrogen-bond acceptors (Lipinski definition) is 7. The Morgan fingerprint density at radius 1 is 1.04 bits per heavy atom. The molecule has 1 N–H and O–H groups in total. The molecular formula is C16H17FN2O7S. The van der Waals surface area contributed by atoms with Crippen molar-refractivity contribution < 1.29 is 31.9 Å². The van der Waals surface area contributed by atoms with Gasteiger partial charge in [-0.15, -0.1) is 0 Å². The summed E-state index contributed by atoms with van der Waals surface area (Å²) in [5.41, 5.74) is -0.489. The molecule has 27 heavy (non-hydrogen) atoms. The fraction of sp³-hybridized carbons (Fsp3) is 0.250. The zero-order valence-corrected chi connectivity index (χ0v) is 15.5. The van der Waals surface area contributed by atoms with Crippen molar-refractivity contribution in [1.82, 2.24) is 4.72 Å². The summed E-state index contributed by atoms with van der Waals surface area (Å²) >= 11 is 0. The molecule has 0 aliphatic carbocycles. The molecule has 0 fully saturated rings. The summed E-state index contributed by atoms with van der Waals surface area (Å²) in [5.74, 6) is -0.0130. The van der Waals surface area contributed by atoms with Gasteiger partial charge in [0.15, 0.2) is 11.5 Å². The number of benzene rings is 2. The molecule has 2 aromatic carbocycles. The lowest BCUT2D eigenvalue weighted by Crippen LogP contribution is -2.23. The van der Waals surface area contributed by atoms with E-state index in [1.54, 1.807) is 0 Å². The lowest BCUT2D eigenvalue weighted by atomic mass is 10.1. The van der Waals surface area contributed by atoms with Gasteiger partial charge in [0.25, 0.3) is 0 Å². The maximum absolute atomic E-state index is 13.4. The first-order chi connectivity index (χ1) is 12.7. The van der Waals surface area contributed by atoms with E-state index in [1.807, 2.05) is 0 Å². The van der Waals surface area contributed by atoms with E-state index >= 15 is 0 Å². The number of ether oxygens (including phenoxy) is 3. The molecule has 0 saturated heterocycles. The summed E-state index contributed by atoms with van der Waals surface area (Å²) in [6.45, 7) is -0.197. The number of halogens is 1. The molecule has 2 rings (SSSR count).